The van der Waals surface area contributed by atoms with E-state index in [-0.39, 0.29) is 0 Å². The van der Waals surface area contributed by atoms with E-state index in [2.05, 4.69) is 18.2 Å². The second-order valence-electron chi connectivity index (χ2n) is 4.29. The molecule has 0 unspecified atom stereocenters. The molecule has 86 valence electrons. The first kappa shape index (κ1) is 10.2. The topological polar surface area (TPSA) is 29.5 Å². The lowest BCUT2D eigenvalue weighted by molar-refractivity contribution is 0.289. The molecular weight excluding hydrogens is 212 g/mol. The molecule has 1 N–H and O–H groups in total. The number of rotatable bonds is 1. The summed E-state index contributed by atoms with van der Waals surface area (Å²) in [6.45, 7) is 0.794. The fraction of sp³-hybridized carbons (Fsp3) is 0.200. The molecule has 2 aromatic carbocycles. The van der Waals surface area contributed by atoms with Crippen molar-refractivity contribution in [2.45, 2.75) is 12.8 Å². The van der Waals surface area contributed by atoms with Crippen LogP contribution in [0.25, 0.3) is 11.1 Å². The summed E-state index contributed by atoms with van der Waals surface area (Å²) in [4.78, 5) is 0. The van der Waals surface area contributed by atoms with Crippen molar-refractivity contribution >= 4 is 0 Å². The second-order valence-corrected chi connectivity index (χ2v) is 4.29. The van der Waals surface area contributed by atoms with Gasteiger partial charge in [-0.2, -0.15) is 0 Å². The summed E-state index contributed by atoms with van der Waals surface area (Å²) in [5, 5.41) is 9.31. The Morgan fingerprint density at radius 1 is 1.00 bits per heavy atom. The minimum absolute atomic E-state index is 0.291. The van der Waals surface area contributed by atoms with E-state index in [9.17, 15) is 5.11 Å². The van der Waals surface area contributed by atoms with E-state index >= 15 is 0 Å². The standard InChI is InChI=1S/C15H14O2/c16-13-8-6-11(7-9-13)14-5-1-3-12-4-2-10-17-15(12)14/h1,3,5-9,16H,2,4,10H2. The molecule has 1 heterocycles. The molecule has 0 bridgehead atoms. The third kappa shape index (κ3) is 1.86. The van der Waals surface area contributed by atoms with Crippen molar-refractivity contribution in [1.82, 2.24) is 0 Å². The summed E-state index contributed by atoms with van der Waals surface area (Å²) in [7, 11) is 0. The van der Waals surface area contributed by atoms with Gasteiger partial charge in [-0.3, -0.25) is 0 Å². The SMILES string of the molecule is Oc1ccc(-c2cccc3c2OCCC3)cc1. The molecule has 1 aliphatic rings. The number of hydrogen-bond donors (Lipinski definition) is 1. The number of aromatic hydroxyl groups is 1. The smallest absolute Gasteiger partial charge is 0.130 e. The Bertz CT molecular complexity index is 529. The van der Waals surface area contributed by atoms with Crippen LogP contribution in [0.15, 0.2) is 42.5 Å². The number of hydrogen-bond acceptors (Lipinski definition) is 2. The van der Waals surface area contributed by atoms with E-state index in [4.69, 9.17) is 4.74 Å². The van der Waals surface area contributed by atoms with Gasteiger partial charge in [0.05, 0.1) is 6.61 Å². The number of ether oxygens (including phenoxy) is 1. The normalized spacial score (nSPS) is 13.9. The highest BCUT2D eigenvalue weighted by atomic mass is 16.5. The van der Waals surface area contributed by atoms with Crippen molar-refractivity contribution in [2.24, 2.45) is 0 Å². The summed E-state index contributed by atoms with van der Waals surface area (Å²) in [6, 6.07) is 13.5. The lowest BCUT2D eigenvalue weighted by atomic mass is 9.98. The van der Waals surface area contributed by atoms with Crippen molar-refractivity contribution < 1.29 is 9.84 Å². The minimum Gasteiger partial charge on any atom is -0.508 e. The Kier molecular flexibility index (Phi) is 2.48. The number of phenolic OH excluding ortho intramolecular Hbond substituents is 1. The molecule has 2 nitrogen and oxygen atoms in total. The zero-order valence-corrected chi connectivity index (χ0v) is 9.52. The monoisotopic (exact) mass is 226 g/mol. The third-order valence-electron chi connectivity index (χ3n) is 3.11. The fourth-order valence-corrected chi connectivity index (χ4v) is 2.26. The van der Waals surface area contributed by atoms with E-state index in [1.54, 1.807) is 12.1 Å². The Morgan fingerprint density at radius 3 is 2.65 bits per heavy atom. The van der Waals surface area contributed by atoms with Crippen molar-refractivity contribution in [3.63, 3.8) is 0 Å². The second kappa shape index (κ2) is 4.13. The quantitative estimate of drug-likeness (QED) is 0.807. The van der Waals surface area contributed by atoms with Crippen LogP contribution < -0.4 is 4.74 Å². The maximum absolute atomic E-state index is 9.31. The predicted octanol–water partition coefficient (Wildman–Crippen LogP) is 3.38. The summed E-state index contributed by atoms with van der Waals surface area (Å²) in [6.07, 6.45) is 2.17. The van der Waals surface area contributed by atoms with Crippen LogP contribution in [0.5, 0.6) is 11.5 Å². The molecule has 0 radical (unpaired) electrons. The van der Waals surface area contributed by atoms with E-state index in [1.807, 2.05) is 12.1 Å². The van der Waals surface area contributed by atoms with Gasteiger partial charge in [0, 0.05) is 5.56 Å². The van der Waals surface area contributed by atoms with Gasteiger partial charge in [-0.25, -0.2) is 0 Å². The minimum atomic E-state index is 0.291. The van der Waals surface area contributed by atoms with Crippen molar-refractivity contribution in [2.75, 3.05) is 6.61 Å². The molecule has 2 aromatic rings. The van der Waals surface area contributed by atoms with Crippen LogP contribution >= 0.6 is 0 Å². The number of benzene rings is 2. The van der Waals surface area contributed by atoms with Crippen molar-refractivity contribution in [3.8, 4) is 22.6 Å². The van der Waals surface area contributed by atoms with Crippen molar-refractivity contribution in [1.29, 1.82) is 0 Å². The molecule has 0 aromatic heterocycles. The first-order chi connectivity index (χ1) is 8.34. The number of fused-ring (bicyclic) bond motifs is 1. The highest BCUT2D eigenvalue weighted by Crippen LogP contribution is 2.36. The van der Waals surface area contributed by atoms with E-state index in [0.29, 0.717) is 5.75 Å². The molecule has 0 atom stereocenters. The number of para-hydroxylation sites is 1. The van der Waals surface area contributed by atoms with Crippen LogP contribution in [0.4, 0.5) is 0 Å². The highest BCUT2D eigenvalue weighted by Gasteiger charge is 2.14. The Morgan fingerprint density at radius 2 is 1.82 bits per heavy atom. The van der Waals surface area contributed by atoms with Gasteiger partial charge in [-0.15, -0.1) is 0 Å². The summed E-state index contributed by atoms with van der Waals surface area (Å²) in [5.41, 5.74) is 3.48. The van der Waals surface area contributed by atoms with Gasteiger partial charge in [0.25, 0.3) is 0 Å². The predicted molar refractivity (Wildman–Crippen MR) is 67.4 cm³/mol. The van der Waals surface area contributed by atoms with Gasteiger partial charge in [0.1, 0.15) is 11.5 Å². The zero-order chi connectivity index (χ0) is 11.7. The Balaban J connectivity index is 2.11. The van der Waals surface area contributed by atoms with Crippen LogP contribution in [0.1, 0.15) is 12.0 Å². The molecule has 17 heavy (non-hydrogen) atoms. The average molecular weight is 226 g/mol. The zero-order valence-electron chi connectivity index (χ0n) is 9.52. The lowest BCUT2D eigenvalue weighted by Crippen LogP contribution is -2.09. The van der Waals surface area contributed by atoms with Crippen LogP contribution in [-0.4, -0.2) is 11.7 Å². The third-order valence-corrected chi connectivity index (χ3v) is 3.11. The number of aryl methyl sites for hydroxylation is 1. The van der Waals surface area contributed by atoms with E-state index in [1.165, 1.54) is 5.56 Å². The lowest BCUT2D eigenvalue weighted by Gasteiger charge is -2.20. The van der Waals surface area contributed by atoms with Crippen LogP contribution in [0.3, 0.4) is 0 Å². The van der Waals surface area contributed by atoms with E-state index in [0.717, 1.165) is 36.3 Å². The molecule has 3 rings (SSSR count). The first-order valence-corrected chi connectivity index (χ1v) is 5.89. The molecule has 0 aliphatic carbocycles. The maximum Gasteiger partial charge on any atom is 0.130 e. The molecule has 0 amide bonds. The summed E-state index contributed by atoms with van der Waals surface area (Å²) in [5.74, 6) is 1.30. The molecule has 2 heteroatoms. The molecule has 0 saturated heterocycles. The molecule has 0 fully saturated rings. The fourth-order valence-electron chi connectivity index (χ4n) is 2.26. The van der Waals surface area contributed by atoms with Gasteiger partial charge in [-0.1, -0.05) is 30.3 Å². The molecule has 0 saturated carbocycles. The molecular formula is C15H14O2. The summed E-state index contributed by atoms with van der Waals surface area (Å²) >= 11 is 0. The van der Waals surface area contributed by atoms with Crippen LogP contribution in [-0.2, 0) is 6.42 Å². The van der Waals surface area contributed by atoms with Gasteiger partial charge in [0.2, 0.25) is 0 Å². The van der Waals surface area contributed by atoms with Gasteiger partial charge in [0.15, 0.2) is 0 Å². The van der Waals surface area contributed by atoms with Gasteiger partial charge in [-0.05, 0) is 36.1 Å². The number of phenols is 1. The highest BCUT2D eigenvalue weighted by molar-refractivity contribution is 5.72. The molecule has 0 spiro atoms. The summed E-state index contributed by atoms with van der Waals surface area (Å²) < 4.78 is 5.78. The van der Waals surface area contributed by atoms with Gasteiger partial charge >= 0.3 is 0 Å². The Labute approximate surface area is 100 Å². The van der Waals surface area contributed by atoms with Crippen molar-refractivity contribution in [3.05, 3.63) is 48.0 Å². The van der Waals surface area contributed by atoms with Gasteiger partial charge < -0.3 is 9.84 Å². The maximum atomic E-state index is 9.31. The molecule has 1 aliphatic heterocycles. The van der Waals surface area contributed by atoms with Crippen LogP contribution in [0.2, 0.25) is 0 Å². The Hall–Kier alpha value is -1.96. The van der Waals surface area contributed by atoms with E-state index < -0.39 is 0 Å². The first-order valence-electron chi connectivity index (χ1n) is 5.89. The van der Waals surface area contributed by atoms with Crippen LogP contribution in [0, 0.1) is 0 Å². The average Bonchev–Trinajstić information content (AvgIpc) is 2.39. The largest absolute Gasteiger partial charge is 0.508 e.